The van der Waals surface area contributed by atoms with E-state index in [2.05, 4.69) is 25.9 Å². The highest BCUT2D eigenvalue weighted by molar-refractivity contribution is 5.94. The Bertz CT molecular complexity index is 813. The molecule has 3 amide bonds. The minimum atomic E-state index is -1.14. The van der Waals surface area contributed by atoms with Crippen molar-refractivity contribution in [2.45, 2.75) is 84.0 Å². The lowest BCUT2D eigenvalue weighted by molar-refractivity contribution is -0.143. The van der Waals surface area contributed by atoms with Crippen molar-refractivity contribution >= 4 is 23.7 Å². The van der Waals surface area contributed by atoms with Crippen molar-refractivity contribution in [1.82, 2.24) is 25.9 Å². The fraction of sp³-hybridized carbons (Fsp3) is 0.696. The number of aliphatic carboxylic acids is 1. The van der Waals surface area contributed by atoms with Crippen LogP contribution in [0.3, 0.4) is 0 Å². The van der Waals surface area contributed by atoms with Crippen LogP contribution in [-0.2, 0) is 25.6 Å². The molecule has 12 nitrogen and oxygen atoms in total. The SMILES string of the molecule is CC(C)CC(NC(=O)C(NC(=O)C(CCCCN)NC(=O)C(N)Cc1cnc[nH]1)C(C)C)C(=O)O. The Hall–Kier alpha value is -2.99. The summed E-state index contributed by atoms with van der Waals surface area (Å²) in [6, 6.07) is -3.89. The molecule has 0 aliphatic rings. The lowest BCUT2D eigenvalue weighted by Gasteiger charge is -2.27. The monoisotopic (exact) mass is 495 g/mol. The van der Waals surface area contributed by atoms with Gasteiger partial charge in [-0.15, -0.1) is 0 Å². The van der Waals surface area contributed by atoms with Crippen molar-refractivity contribution in [2.24, 2.45) is 23.3 Å². The zero-order valence-corrected chi connectivity index (χ0v) is 21.0. The Kier molecular flexibility index (Phi) is 13.0. The average molecular weight is 496 g/mol. The molecule has 1 aromatic rings. The first kappa shape index (κ1) is 30.0. The number of carboxylic acid groups (broad SMARTS) is 1. The molecule has 1 aromatic heterocycles. The number of hydrogen-bond acceptors (Lipinski definition) is 7. The van der Waals surface area contributed by atoms with Crippen LogP contribution in [-0.4, -0.2) is 69.5 Å². The Balaban J connectivity index is 2.91. The molecule has 0 saturated heterocycles. The molecule has 1 rings (SSSR count). The topological polar surface area (TPSA) is 205 Å². The van der Waals surface area contributed by atoms with Gasteiger partial charge in [-0.2, -0.15) is 0 Å². The summed E-state index contributed by atoms with van der Waals surface area (Å²) in [5, 5.41) is 17.3. The van der Waals surface area contributed by atoms with E-state index in [0.717, 1.165) is 0 Å². The van der Waals surface area contributed by atoms with E-state index in [1.807, 2.05) is 13.8 Å². The van der Waals surface area contributed by atoms with E-state index >= 15 is 0 Å². The third kappa shape index (κ3) is 10.9. The van der Waals surface area contributed by atoms with Crippen molar-refractivity contribution in [3.63, 3.8) is 0 Å². The molecule has 198 valence electrons. The normalized spacial score (nSPS) is 14.7. The fourth-order valence-corrected chi connectivity index (χ4v) is 3.51. The van der Waals surface area contributed by atoms with Crippen molar-refractivity contribution in [3.8, 4) is 0 Å². The maximum atomic E-state index is 13.1. The smallest absolute Gasteiger partial charge is 0.326 e. The second-order valence-corrected chi connectivity index (χ2v) is 9.49. The molecule has 0 fully saturated rings. The number of unbranched alkanes of at least 4 members (excludes halogenated alkanes) is 1. The summed E-state index contributed by atoms with van der Waals surface area (Å²) < 4.78 is 0. The van der Waals surface area contributed by atoms with Gasteiger partial charge in [-0.05, 0) is 44.1 Å². The van der Waals surface area contributed by atoms with E-state index < -0.39 is 47.9 Å². The van der Waals surface area contributed by atoms with Crippen LogP contribution in [0.25, 0.3) is 0 Å². The molecule has 12 heteroatoms. The number of carbonyl (C=O) groups excluding carboxylic acids is 3. The molecular formula is C23H41N7O5. The molecule has 9 N–H and O–H groups in total. The van der Waals surface area contributed by atoms with Crippen LogP contribution in [0.15, 0.2) is 12.5 Å². The Labute approximate surface area is 206 Å². The van der Waals surface area contributed by atoms with Gasteiger partial charge in [0.25, 0.3) is 0 Å². The van der Waals surface area contributed by atoms with Crippen LogP contribution in [0.5, 0.6) is 0 Å². The number of nitrogens with one attached hydrogen (secondary N) is 4. The summed E-state index contributed by atoms with van der Waals surface area (Å²) in [6.45, 7) is 7.63. The second-order valence-electron chi connectivity index (χ2n) is 9.49. The van der Waals surface area contributed by atoms with Crippen LogP contribution < -0.4 is 27.4 Å². The van der Waals surface area contributed by atoms with Crippen LogP contribution in [0, 0.1) is 11.8 Å². The first-order chi connectivity index (χ1) is 16.5. The number of aromatic nitrogens is 2. The van der Waals surface area contributed by atoms with E-state index in [0.29, 0.717) is 31.5 Å². The van der Waals surface area contributed by atoms with E-state index in [-0.39, 0.29) is 24.7 Å². The molecule has 0 radical (unpaired) electrons. The predicted octanol–water partition coefficient (Wildman–Crippen LogP) is -0.350. The molecule has 0 spiro atoms. The van der Waals surface area contributed by atoms with Crippen molar-refractivity contribution in [3.05, 3.63) is 18.2 Å². The summed E-state index contributed by atoms with van der Waals surface area (Å²) in [6.07, 6.45) is 5.06. The third-order valence-corrected chi connectivity index (χ3v) is 5.48. The Morgan fingerprint density at radius 1 is 1.00 bits per heavy atom. The lowest BCUT2D eigenvalue weighted by atomic mass is 9.99. The average Bonchev–Trinajstić information content (AvgIpc) is 3.28. The highest BCUT2D eigenvalue weighted by Gasteiger charge is 2.32. The van der Waals surface area contributed by atoms with E-state index in [4.69, 9.17) is 11.5 Å². The molecule has 0 aliphatic carbocycles. The van der Waals surface area contributed by atoms with Gasteiger partial charge in [0.15, 0.2) is 0 Å². The fourth-order valence-electron chi connectivity index (χ4n) is 3.51. The van der Waals surface area contributed by atoms with E-state index in [1.54, 1.807) is 20.0 Å². The maximum absolute atomic E-state index is 13.1. The number of carbonyl (C=O) groups is 4. The highest BCUT2D eigenvalue weighted by atomic mass is 16.4. The minimum absolute atomic E-state index is 0.0524. The molecule has 0 aromatic carbocycles. The molecule has 0 saturated carbocycles. The molecule has 0 bridgehead atoms. The molecule has 1 heterocycles. The zero-order valence-electron chi connectivity index (χ0n) is 21.0. The number of imidazole rings is 1. The van der Waals surface area contributed by atoms with Gasteiger partial charge in [0.2, 0.25) is 17.7 Å². The zero-order chi connectivity index (χ0) is 26.5. The number of nitrogens with zero attached hydrogens (tertiary/aromatic N) is 1. The summed E-state index contributed by atoms with van der Waals surface area (Å²) >= 11 is 0. The number of H-pyrrole nitrogens is 1. The number of carboxylic acids is 1. The number of amides is 3. The van der Waals surface area contributed by atoms with Gasteiger partial charge in [0.05, 0.1) is 12.4 Å². The quantitative estimate of drug-likeness (QED) is 0.150. The summed E-state index contributed by atoms with van der Waals surface area (Å²) in [7, 11) is 0. The predicted molar refractivity (Wildman–Crippen MR) is 131 cm³/mol. The maximum Gasteiger partial charge on any atom is 0.326 e. The van der Waals surface area contributed by atoms with Gasteiger partial charge in [-0.1, -0.05) is 27.7 Å². The van der Waals surface area contributed by atoms with Crippen LogP contribution in [0.4, 0.5) is 0 Å². The largest absolute Gasteiger partial charge is 0.480 e. The van der Waals surface area contributed by atoms with Crippen molar-refractivity contribution < 1.29 is 24.3 Å². The third-order valence-electron chi connectivity index (χ3n) is 5.48. The standard InChI is InChI=1S/C23H41N7O5/c1-13(2)9-18(23(34)35)29-22(33)19(14(3)4)30-21(32)17(7-5-6-8-24)28-20(31)16(25)10-15-11-26-12-27-15/h11-14,16-19H,5-10,24-25H2,1-4H3,(H,26,27)(H,28,31)(H,29,33)(H,30,32)(H,34,35). The summed E-state index contributed by atoms with van der Waals surface area (Å²) in [5.41, 5.74) is 12.2. The summed E-state index contributed by atoms with van der Waals surface area (Å²) in [4.78, 5) is 57.0. The van der Waals surface area contributed by atoms with Crippen LogP contribution in [0.2, 0.25) is 0 Å². The number of hydrogen-bond donors (Lipinski definition) is 7. The molecular weight excluding hydrogens is 454 g/mol. The number of nitrogens with two attached hydrogens (primary N) is 2. The van der Waals surface area contributed by atoms with Gasteiger partial charge in [-0.25, -0.2) is 9.78 Å². The van der Waals surface area contributed by atoms with Crippen LogP contribution >= 0.6 is 0 Å². The van der Waals surface area contributed by atoms with Crippen molar-refractivity contribution in [2.75, 3.05) is 6.54 Å². The van der Waals surface area contributed by atoms with Gasteiger partial charge in [0.1, 0.15) is 18.1 Å². The Morgan fingerprint density at radius 3 is 2.17 bits per heavy atom. The molecule has 4 atom stereocenters. The van der Waals surface area contributed by atoms with Gasteiger partial charge in [-0.3, -0.25) is 14.4 Å². The minimum Gasteiger partial charge on any atom is -0.480 e. The highest BCUT2D eigenvalue weighted by Crippen LogP contribution is 2.09. The number of aromatic amines is 1. The van der Waals surface area contributed by atoms with Crippen molar-refractivity contribution in [1.29, 1.82) is 0 Å². The van der Waals surface area contributed by atoms with Crippen LogP contribution in [0.1, 0.15) is 59.1 Å². The van der Waals surface area contributed by atoms with Gasteiger partial charge >= 0.3 is 5.97 Å². The van der Waals surface area contributed by atoms with E-state index in [1.165, 1.54) is 6.33 Å². The Morgan fingerprint density at radius 2 is 1.66 bits per heavy atom. The summed E-state index contributed by atoms with van der Waals surface area (Å²) in [5.74, 6) is -3.06. The number of rotatable bonds is 16. The van der Waals surface area contributed by atoms with Gasteiger partial charge in [0, 0.05) is 18.3 Å². The first-order valence-electron chi connectivity index (χ1n) is 12.0. The van der Waals surface area contributed by atoms with Gasteiger partial charge < -0.3 is 37.5 Å². The first-order valence-corrected chi connectivity index (χ1v) is 12.0. The van der Waals surface area contributed by atoms with E-state index in [9.17, 15) is 24.3 Å². The molecule has 35 heavy (non-hydrogen) atoms. The molecule has 0 aliphatic heterocycles. The molecule has 4 unspecified atom stereocenters. The lowest BCUT2D eigenvalue weighted by Crippen LogP contribution is -2.58. The second kappa shape index (κ2) is 15.1.